The van der Waals surface area contributed by atoms with Gasteiger partial charge in [-0.1, -0.05) is 42.7 Å². The summed E-state index contributed by atoms with van der Waals surface area (Å²) in [5, 5.41) is 0. The van der Waals surface area contributed by atoms with Gasteiger partial charge in [-0.15, -0.1) is 6.42 Å². The zero-order valence-corrected chi connectivity index (χ0v) is 11.0. The van der Waals surface area contributed by atoms with Crippen LogP contribution >= 0.6 is 0 Å². The third-order valence-corrected chi connectivity index (χ3v) is 2.79. The average Bonchev–Trinajstić information content (AvgIpc) is 2.38. The van der Waals surface area contributed by atoms with E-state index in [4.69, 9.17) is 12.2 Å². The van der Waals surface area contributed by atoms with Gasteiger partial charge in [-0.05, 0) is 18.9 Å². The van der Waals surface area contributed by atoms with Gasteiger partial charge in [0.25, 0.3) is 0 Å². The first-order valence-electron chi connectivity index (χ1n) is 6.14. The van der Waals surface area contributed by atoms with Crippen molar-refractivity contribution in [3.8, 4) is 12.3 Å². The van der Waals surface area contributed by atoms with Crippen LogP contribution in [-0.4, -0.2) is 23.9 Å². The van der Waals surface area contributed by atoms with E-state index in [0.717, 1.165) is 17.5 Å². The Balaban J connectivity index is 2.81. The number of terminal acetylenes is 1. The van der Waals surface area contributed by atoms with E-state index in [0.29, 0.717) is 13.1 Å². The van der Waals surface area contributed by atoms with E-state index in [2.05, 4.69) is 5.92 Å². The van der Waals surface area contributed by atoms with Gasteiger partial charge < -0.3 is 10.6 Å². The first-order chi connectivity index (χ1) is 8.60. The van der Waals surface area contributed by atoms with Gasteiger partial charge in [-0.2, -0.15) is 0 Å². The fourth-order valence-corrected chi connectivity index (χ4v) is 1.76. The summed E-state index contributed by atoms with van der Waals surface area (Å²) >= 11 is 0. The number of benzene rings is 1. The molecule has 1 unspecified atom stereocenters. The van der Waals surface area contributed by atoms with Crippen LogP contribution in [0.1, 0.15) is 30.5 Å². The predicted molar refractivity (Wildman–Crippen MR) is 73.8 cm³/mol. The van der Waals surface area contributed by atoms with Gasteiger partial charge in [-0.3, -0.25) is 4.79 Å². The lowest BCUT2D eigenvalue weighted by Gasteiger charge is -2.23. The highest BCUT2D eigenvalue weighted by atomic mass is 16.2. The summed E-state index contributed by atoms with van der Waals surface area (Å²) in [7, 11) is 0. The standard InChI is InChI=1S/C15H20N2O/c1-4-10-17(11-5-2)15(18)14(16)13-8-6-12(3)7-9-13/h1,6-9,14H,5,10-11,16H2,2-3H3. The van der Waals surface area contributed by atoms with Crippen molar-refractivity contribution < 1.29 is 4.79 Å². The molecule has 1 aromatic carbocycles. The molecule has 3 nitrogen and oxygen atoms in total. The van der Waals surface area contributed by atoms with E-state index in [1.54, 1.807) is 4.90 Å². The number of hydrogen-bond donors (Lipinski definition) is 1. The molecule has 96 valence electrons. The van der Waals surface area contributed by atoms with E-state index >= 15 is 0 Å². The second-order valence-corrected chi connectivity index (χ2v) is 4.35. The third-order valence-electron chi connectivity index (χ3n) is 2.79. The summed E-state index contributed by atoms with van der Waals surface area (Å²) in [6.07, 6.45) is 6.14. The Morgan fingerprint density at radius 3 is 2.56 bits per heavy atom. The number of carbonyl (C=O) groups excluding carboxylic acids is 1. The number of nitrogens with zero attached hydrogens (tertiary/aromatic N) is 1. The van der Waals surface area contributed by atoms with Crippen LogP contribution in [-0.2, 0) is 4.79 Å². The molecule has 0 saturated heterocycles. The quantitative estimate of drug-likeness (QED) is 0.804. The van der Waals surface area contributed by atoms with Crippen molar-refractivity contribution in [3.05, 3.63) is 35.4 Å². The Morgan fingerprint density at radius 2 is 2.06 bits per heavy atom. The van der Waals surface area contributed by atoms with Crippen LogP contribution < -0.4 is 5.73 Å². The minimum absolute atomic E-state index is 0.112. The van der Waals surface area contributed by atoms with Crippen molar-refractivity contribution >= 4 is 5.91 Å². The molecule has 2 N–H and O–H groups in total. The zero-order valence-electron chi connectivity index (χ0n) is 11.0. The Labute approximate surface area is 109 Å². The molecule has 0 aliphatic carbocycles. The van der Waals surface area contributed by atoms with Gasteiger partial charge >= 0.3 is 0 Å². The molecule has 1 amide bonds. The molecule has 0 bridgehead atoms. The topological polar surface area (TPSA) is 46.3 Å². The monoisotopic (exact) mass is 244 g/mol. The largest absolute Gasteiger partial charge is 0.330 e. The predicted octanol–water partition coefficient (Wildman–Crippen LogP) is 1.87. The van der Waals surface area contributed by atoms with E-state index in [-0.39, 0.29) is 5.91 Å². The Hall–Kier alpha value is -1.79. The number of amides is 1. The fraction of sp³-hybridized carbons (Fsp3) is 0.400. The smallest absolute Gasteiger partial charge is 0.244 e. The summed E-state index contributed by atoms with van der Waals surface area (Å²) in [4.78, 5) is 13.8. The highest BCUT2D eigenvalue weighted by Crippen LogP contribution is 2.14. The second-order valence-electron chi connectivity index (χ2n) is 4.35. The highest BCUT2D eigenvalue weighted by Gasteiger charge is 2.21. The number of carbonyl (C=O) groups is 1. The molecule has 0 aliphatic rings. The van der Waals surface area contributed by atoms with E-state index in [1.807, 2.05) is 38.1 Å². The third kappa shape index (κ3) is 3.61. The molecular weight excluding hydrogens is 224 g/mol. The summed E-state index contributed by atoms with van der Waals surface area (Å²) in [5.41, 5.74) is 7.96. The van der Waals surface area contributed by atoms with E-state index < -0.39 is 6.04 Å². The van der Waals surface area contributed by atoms with Crippen LogP contribution in [0.15, 0.2) is 24.3 Å². The number of hydrogen-bond acceptors (Lipinski definition) is 2. The maximum absolute atomic E-state index is 12.2. The molecule has 3 heteroatoms. The molecule has 0 spiro atoms. The molecule has 1 aromatic rings. The molecule has 0 aliphatic heterocycles. The van der Waals surface area contributed by atoms with Crippen LogP contribution in [0.2, 0.25) is 0 Å². The van der Waals surface area contributed by atoms with Crippen molar-refractivity contribution in [1.82, 2.24) is 4.90 Å². The van der Waals surface area contributed by atoms with Gasteiger partial charge in [0.15, 0.2) is 0 Å². The number of nitrogens with two attached hydrogens (primary N) is 1. The lowest BCUT2D eigenvalue weighted by atomic mass is 10.0. The van der Waals surface area contributed by atoms with Gasteiger partial charge in [0.2, 0.25) is 5.91 Å². The molecule has 0 fully saturated rings. The second kappa shape index (κ2) is 6.83. The molecule has 1 rings (SSSR count). The van der Waals surface area contributed by atoms with Crippen molar-refractivity contribution in [3.63, 3.8) is 0 Å². The number of aryl methyl sites for hydroxylation is 1. The lowest BCUT2D eigenvalue weighted by molar-refractivity contribution is -0.132. The average molecular weight is 244 g/mol. The van der Waals surface area contributed by atoms with Crippen molar-refractivity contribution in [2.24, 2.45) is 5.73 Å². The maximum atomic E-state index is 12.2. The Bertz CT molecular complexity index is 431. The first-order valence-corrected chi connectivity index (χ1v) is 6.14. The Morgan fingerprint density at radius 1 is 1.44 bits per heavy atom. The van der Waals surface area contributed by atoms with Crippen LogP contribution in [0.4, 0.5) is 0 Å². The minimum Gasteiger partial charge on any atom is -0.330 e. The van der Waals surface area contributed by atoms with Crippen LogP contribution in [0.25, 0.3) is 0 Å². The van der Waals surface area contributed by atoms with Crippen LogP contribution in [0.5, 0.6) is 0 Å². The SMILES string of the molecule is C#CCN(CCC)C(=O)C(N)c1ccc(C)cc1. The zero-order chi connectivity index (χ0) is 13.5. The first kappa shape index (κ1) is 14.3. The molecule has 0 saturated carbocycles. The molecular formula is C15H20N2O. The normalized spacial score (nSPS) is 11.7. The fourth-order valence-electron chi connectivity index (χ4n) is 1.76. The molecule has 1 atom stereocenters. The van der Waals surface area contributed by atoms with Gasteiger partial charge in [0, 0.05) is 6.54 Å². The lowest BCUT2D eigenvalue weighted by Crippen LogP contribution is -2.39. The van der Waals surface area contributed by atoms with Crippen LogP contribution in [0.3, 0.4) is 0 Å². The summed E-state index contributed by atoms with van der Waals surface area (Å²) < 4.78 is 0. The van der Waals surface area contributed by atoms with Crippen molar-refractivity contribution in [2.75, 3.05) is 13.1 Å². The van der Waals surface area contributed by atoms with Crippen molar-refractivity contribution in [2.45, 2.75) is 26.3 Å². The highest BCUT2D eigenvalue weighted by molar-refractivity contribution is 5.83. The van der Waals surface area contributed by atoms with Gasteiger partial charge in [0.1, 0.15) is 6.04 Å². The summed E-state index contributed by atoms with van der Waals surface area (Å²) in [6, 6.07) is 7.04. The number of rotatable bonds is 5. The van der Waals surface area contributed by atoms with Crippen LogP contribution in [0, 0.1) is 19.3 Å². The summed E-state index contributed by atoms with van der Waals surface area (Å²) in [6.45, 7) is 4.96. The maximum Gasteiger partial charge on any atom is 0.244 e. The van der Waals surface area contributed by atoms with E-state index in [1.165, 1.54) is 0 Å². The summed E-state index contributed by atoms with van der Waals surface area (Å²) in [5.74, 6) is 2.39. The molecule has 0 radical (unpaired) electrons. The van der Waals surface area contributed by atoms with E-state index in [9.17, 15) is 4.79 Å². The van der Waals surface area contributed by atoms with Gasteiger partial charge in [0.05, 0.1) is 6.54 Å². The van der Waals surface area contributed by atoms with Crippen molar-refractivity contribution in [1.29, 1.82) is 0 Å². The molecule has 0 heterocycles. The van der Waals surface area contributed by atoms with Gasteiger partial charge in [-0.25, -0.2) is 0 Å². The minimum atomic E-state index is -0.634. The Kier molecular flexibility index (Phi) is 5.41. The molecule has 0 aromatic heterocycles. The molecule has 18 heavy (non-hydrogen) atoms.